The van der Waals surface area contributed by atoms with Crippen molar-refractivity contribution in [3.05, 3.63) is 17.3 Å². The summed E-state index contributed by atoms with van der Waals surface area (Å²) in [6.07, 6.45) is 4.24. The van der Waals surface area contributed by atoms with Gasteiger partial charge in [-0.05, 0) is 18.4 Å². The first-order chi connectivity index (χ1) is 14.4. The number of hydrogen-bond acceptors (Lipinski definition) is 5. The van der Waals surface area contributed by atoms with Crippen LogP contribution in [0.3, 0.4) is 0 Å². The van der Waals surface area contributed by atoms with Crippen molar-refractivity contribution in [3.8, 4) is 0 Å². The summed E-state index contributed by atoms with van der Waals surface area (Å²) >= 11 is 1.07. The molecule has 0 atom stereocenters. The molecule has 1 aliphatic carbocycles. The molecule has 0 unspecified atom stereocenters. The Kier molecular flexibility index (Phi) is 6.46. The Hall–Kier alpha value is -1.90. The van der Waals surface area contributed by atoms with Gasteiger partial charge < -0.3 is 9.80 Å². The lowest BCUT2D eigenvalue weighted by Crippen LogP contribution is -2.49. The van der Waals surface area contributed by atoms with Crippen molar-refractivity contribution >= 4 is 33.3 Å². The van der Waals surface area contributed by atoms with Gasteiger partial charge >= 0.3 is 6.18 Å². The van der Waals surface area contributed by atoms with E-state index in [1.807, 2.05) is 4.90 Å². The molecule has 2 fully saturated rings. The van der Waals surface area contributed by atoms with Gasteiger partial charge in [-0.2, -0.15) is 13.2 Å². The number of hydrogen-bond donors (Lipinski definition) is 0. The number of nitrogens with zero attached hydrogens (tertiary/aromatic N) is 4. The van der Waals surface area contributed by atoms with E-state index in [1.54, 1.807) is 6.07 Å². The topological polar surface area (TPSA) is 49.3 Å². The third kappa shape index (κ3) is 5.22. The zero-order chi connectivity index (χ0) is 21.1. The molecule has 9 heteroatoms. The lowest BCUT2D eigenvalue weighted by molar-refractivity contribution is -0.132. The molecule has 0 aromatic carbocycles. The highest BCUT2D eigenvalue weighted by Gasteiger charge is 2.30. The average Bonchev–Trinajstić information content (AvgIpc) is 3.13. The van der Waals surface area contributed by atoms with Crippen LogP contribution in [0.5, 0.6) is 0 Å². The summed E-state index contributed by atoms with van der Waals surface area (Å²) in [5.74, 6) is 1.58. The SMILES string of the molecule is O=C(CCC1CCCCC1)N1CCN(c2ncnc3sc(CC(F)(F)F)cc23)CC1. The Bertz CT molecular complexity index is 871. The van der Waals surface area contributed by atoms with Crippen molar-refractivity contribution in [2.75, 3.05) is 31.1 Å². The minimum Gasteiger partial charge on any atom is -0.352 e. The summed E-state index contributed by atoms with van der Waals surface area (Å²) in [7, 11) is 0. The van der Waals surface area contributed by atoms with Gasteiger partial charge in [-0.1, -0.05) is 32.1 Å². The molecule has 2 aromatic heterocycles. The van der Waals surface area contributed by atoms with E-state index in [-0.39, 0.29) is 10.8 Å². The fraction of sp³-hybridized carbons (Fsp3) is 0.667. The van der Waals surface area contributed by atoms with E-state index in [1.165, 1.54) is 38.4 Å². The monoisotopic (exact) mass is 440 g/mol. The molecule has 0 spiro atoms. The smallest absolute Gasteiger partial charge is 0.352 e. The Morgan fingerprint density at radius 1 is 1.10 bits per heavy atom. The predicted octanol–water partition coefficient (Wildman–Crippen LogP) is 4.81. The van der Waals surface area contributed by atoms with E-state index < -0.39 is 12.6 Å². The predicted molar refractivity (Wildman–Crippen MR) is 112 cm³/mol. The third-order valence-corrected chi connectivity index (χ3v) is 7.20. The van der Waals surface area contributed by atoms with E-state index >= 15 is 0 Å². The average molecular weight is 441 g/mol. The number of halogens is 3. The summed E-state index contributed by atoms with van der Waals surface area (Å²) in [5, 5.41) is 0.666. The summed E-state index contributed by atoms with van der Waals surface area (Å²) in [4.78, 5) is 25.9. The fourth-order valence-electron chi connectivity index (χ4n) is 4.56. The molecule has 1 saturated heterocycles. The van der Waals surface area contributed by atoms with Crippen LogP contribution in [0.15, 0.2) is 12.4 Å². The van der Waals surface area contributed by atoms with Crippen LogP contribution in [-0.2, 0) is 11.2 Å². The molecule has 1 amide bonds. The normalized spacial score (nSPS) is 18.9. The number of thiophene rings is 1. The van der Waals surface area contributed by atoms with Gasteiger partial charge in [-0.3, -0.25) is 4.79 Å². The third-order valence-electron chi connectivity index (χ3n) is 6.16. The molecule has 2 aromatic rings. The van der Waals surface area contributed by atoms with Crippen LogP contribution in [0.4, 0.5) is 19.0 Å². The summed E-state index contributed by atoms with van der Waals surface area (Å²) in [6.45, 7) is 2.50. The van der Waals surface area contributed by atoms with E-state index in [0.717, 1.165) is 17.8 Å². The molecule has 164 valence electrons. The molecular formula is C21H27F3N4OS. The maximum Gasteiger partial charge on any atom is 0.393 e. The summed E-state index contributed by atoms with van der Waals surface area (Å²) < 4.78 is 38.2. The van der Waals surface area contributed by atoms with Gasteiger partial charge in [0, 0.05) is 37.5 Å². The fourth-order valence-corrected chi connectivity index (χ4v) is 5.58. The molecule has 1 saturated carbocycles. The summed E-state index contributed by atoms with van der Waals surface area (Å²) in [5.41, 5.74) is 0. The molecule has 0 radical (unpaired) electrons. The Morgan fingerprint density at radius 2 is 1.83 bits per heavy atom. The first kappa shape index (κ1) is 21.3. The standard InChI is InChI=1S/C21H27F3N4OS/c22-21(23,24)13-16-12-17-19(25-14-26-20(17)30-16)28-10-8-27(9-11-28)18(29)7-6-15-4-2-1-3-5-15/h12,14-15H,1-11,13H2. The Morgan fingerprint density at radius 3 is 2.53 bits per heavy atom. The van der Waals surface area contributed by atoms with Crippen LogP contribution in [0.1, 0.15) is 49.8 Å². The number of aromatic nitrogens is 2. The minimum absolute atomic E-state index is 0.219. The van der Waals surface area contributed by atoms with Gasteiger partial charge in [0.25, 0.3) is 0 Å². The summed E-state index contributed by atoms with van der Waals surface area (Å²) in [6, 6.07) is 1.56. The van der Waals surface area contributed by atoms with Crippen molar-refractivity contribution in [2.24, 2.45) is 5.92 Å². The lowest BCUT2D eigenvalue weighted by atomic mass is 9.86. The molecule has 0 bridgehead atoms. The van der Waals surface area contributed by atoms with Crippen LogP contribution in [0, 0.1) is 5.92 Å². The molecule has 1 aliphatic heterocycles. The molecule has 0 N–H and O–H groups in total. The van der Waals surface area contributed by atoms with Gasteiger partial charge in [0.2, 0.25) is 5.91 Å². The van der Waals surface area contributed by atoms with Gasteiger partial charge in [0.05, 0.1) is 11.8 Å². The Labute approximate surface area is 178 Å². The number of piperazine rings is 1. The number of carbonyl (C=O) groups excluding carboxylic acids is 1. The first-order valence-electron chi connectivity index (χ1n) is 10.7. The van der Waals surface area contributed by atoms with Gasteiger partial charge in [0.1, 0.15) is 17.0 Å². The van der Waals surface area contributed by atoms with Crippen molar-refractivity contribution in [3.63, 3.8) is 0 Å². The van der Waals surface area contributed by atoms with Crippen LogP contribution in [-0.4, -0.2) is 53.1 Å². The maximum absolute atomic E-state index is 12.7. The van der Waals surface area contributed by atoms with Crippen molar-refractivity contribution in [2.45, 2.75) is 57.5 Å². The number of alkyl halides is 3. The first-order valence-corrected chi connectivity index (χ1v) is 11.5. The van der Waals surface area contributed by atoms with Gasteiger partial charge in [-0.15, -0.1) is 11.3 Å². The van der Waals surface area contributed by atoms with Gasteiger partial charge in [-0.25, -0.2) is 9.97 Å². The Balaban J connectivity index is 1.35. The van der Waals surface area contributed by atoms with Crippen LogP contribution in [0.25, 0.3) is 10.2 Å². The highest BCUT2D eigenvalue weighted by molar-refractivity contribution is 7.18. The zero-order valence-electron chi connectivity index (χ0n) is 17.0. The number of anilines is 1. The highest BCUT2D eigenvalue weighted by atomic mass is 32.1. The number of rotatable bonds is 5. The second-order valence-corrected chi connectivity index (χ2v) is 9.45. The van der Waals surface area contributed by atoms with Crippen molar-refractivity contribution in [1.29, 1.82) is 0 Å². The molecule has 3 heterocycles. The molecule has 2 aliphatic rings. The van der Waals surface area contributed by atoms with Crippen LogP contribution >= 0.6 is 11.3 Å². The minimum atomic E-state index is -4.24. The van der Waals surface area contributed by atoms with E-state index in [4.69, 9.17) is 0 Å². The molecule has 30 heavy (non-hydrogen) atoms. The maximum atomic E-state index is 12.7. The zero-order valence-corrected chi connectivity index (χ0v) is 17.8. The molecular weight excluding hydrogens is 413 g/mol. The molecule has 4 rings (SSSR count). The van der Waals surface area contributed by atoms with Crippen LogP contribution in [0.2, 0.25) is 0 Å². The lowest BCUT2D eigenvalue weighted by Gasteiger charge is -2.36. The van der Waals surface area contributed by atoms with E-state index in [9.17, 15) is 18.0 Å². The van der Waals surface area contributed by atoms with Crippen LogP contribution < -0.4 is 4.90 Å². The largest absolute Gasteiger partial charge is 0.393 e. The second kappa shape index (κ2) is 9.08. The van der Waals surface area contributed by atoms with Crippen molar-refractivity contribution < 1.29 is 18.0 Å². The van der Waals surface area contributed by atoms with E-state index in [0.29, 0.717) is 54.6 Å². The highest BCUT2D eigenvalue weighted by Crippen LogP contribution is 2.34. The number of fused-ring (bicyclic) bond motifs is 1. The van der Waals surface area contributed by atoms with Gasteiger partial charge in [0.15, 0.2) is 0 Å². The number of amides is 1. The number of carbonyl (C=O) groups is 1. The van der Waals surface area contributed by atoms with E-state index in [2.05, 4.69) is 14.9 Å². The second-order valence-electron chi connectivity index (χ2n) is 8.33. The molecule has 5 nitrogen and oxygen atoms in total. The van der Waals surface area contributed by atoms with Crippen molar-refractivity contribution in [1.82, 2.24) is 14.9 Å². The quantitative estimate of drug-likeness (QED) is 0.670.